The number of carbonyl (C=O) groups excluding carboxylic acids is 2. The number of anilines is 1. The summed E-state index contributed by atoms with van der Waals surface area (Å²) in [5.74, 6) is -0.541. The molecular formula is C11H15ClN4O2. The predicted molar refractivity (Wildman–Crippen MR) is 69.3 cm³/mol. The highest BCUT2D eigenvalue weighted by atomic mass is 35.5. The molecule has 0 bridgehead atoms. The van der Waals surface area contributed by atoms with Gasteiger partial charge in [0.2, 0.25) is 5.91 Å². The quantitative estimate of drug-likeness (QED) is 0.745. The van der Waals surface area contributed by atoms with Crippen molar-refractivity contribution in [1.82, 2.24) is 15.6 Å². The van der Waals surface area contributed by atoms with Crippen LogP contribution < -0.4 is 16.4 Å². The molecule has 0 radical (unpaired) electrons. The van der Waals surface area contributed by atoms with Crippen molar-refractivity contribution in [2.45, 2.75) is 19.9 Å². The van der Waals surface area contributed by atoms with Crippen molar-refractivity contribution < 1.29 is 9.59 Å². The molecule has 98 valence electrons. The molecule has 4 N–H and O–H groups in total. The molecule has 1 aromatic rings. The molecule has 0 atom stereocenters. The van der Waals surface area contributed by atoms with E-state index in [0.717, 1.165) is 0 Å². The zero-order valence-electron chi connectivity index (χ0n) is 10.2. The van der Waals surface area contributed by atoms with Crippen LogP contribution in [0.25, 0.3) is 0 Å². The lowest BCUT2D eigenvalue weighted by atomic mass is 10.2. The van der Waals surface area contributed by atoms with Crippen molar-refractivity contribution in [1.29, 1.82) is 0 Å². The molecule has 1 rings (SSSR count). The van der Waals surface area contributed by atoms with Crippen LogP contribution in [-0.2, 0) is 4.79 Å². The first-order valence-electron chi connectivity index (χ1n) is 5.38. The Morgan fingerprint density at radius 3 is 2.78 bits per heavy atom. The van der Waals surface area contributed by atoms with Crippen LogP contribution in [0.5, 0.6) is 0 Å². The van der Waals surface area contributed by atoms with Gasteiger partial charge in [0.05, 0.1) is 17.1 Å². The van der Waals surface area contributed by atoms with Crippen LogP contribution in [0.2, 0.25) is 5.02 Å². The van der Waals surface area contributed by atoms with Gasteiger partial charge in [-0.1, -0.05) is 11.6 Å². The number of nitrogens with zero attached hydrogens (tertiary/aromatic N) is 1. The van der Waals surface area contributed by atoms with E-state index in [4.69, 9.17) is 17.3 Å². The number of hydrogen-bond donors (Lipinski definition) is 3. The Labute approximate surface area is 110 Å². The van der Waals surface area contributed by atoms with Gasteiger partial charge in [-0.3, -0.25) is 9.59 Å². The summed E-state index contributed by atoms with van der Waals surface area (Å²) in [6.45, 7) is 3.55. The number of halogens is 1. The lowest BCUT2D eigenvalue weighted by Gasteiger charge is -2.10. The Hall–Kier alpha value is -1.82. The molecule has 0 spiro atoms. The van der Waals surface area contributed by atoms with Gasteiger partial charge < -0.3 is 16.4 Å². The van der Waals surface area contributed by atoms with Crippen LogP contribution in [0.1, 0.15) is 24.2 Å². The summed E-state index contributed by atoms with van der Waals surface area (Å²) in [6.07, 6.45) is 1.29. The minimum atomic E-state index is -0.465. The first-order chi connectivity index (χ1) is 8.40. The maximum Gasteiger partial charge on any atom is 0.253 e. The van der Waals surface area contributed by atoms with Crippen molar-refractivity contribution in [3.05, 3.63) is 22.8 Å². The fourth-order valence-corrected chi connectivity index (χ4v) is 1.45. The van der Waals surface area contributed by atoms with Gasteiger partial charge in [-0.15, -0.1) is 0 Å². The molecular weight excluding hydrogens is 256 g/mol. The minimum Gasteiger partial charge on any atom is -0.384 e. The van der Waals surface area contributed by atoms with Crippen LogP contribution in [0.4, 0.5) is 5.82 Å². The Bertz CT molecular complexity index is 462. The molecule has 0 saturated carbocycles. The average Bonchev–Trinajstić information content (AvgIpc) is 2.28. The number of hydrogen-bond acceptors (Lipinski definition) is 4. The topological polar surface area (TPSA) is 97.1 Å². The van der Waals surface area contributed by atoms with Gasteiger partial charge in [0.1, 0.15) is 5.82 Å². The highest BCUT2D eigenvalue weighted by Crippen LogP contribution is 2.15. The number of rotatable bonds is 4. The molecule has 18 heavy (non-hydrogen) atoms. The second kappa shape index (κ2) is 6.20. The molecule has 2 amide bonds. The molecule has 0 saturated heterocycles. The Morgan fingerprint density at radius 2 is 2.17 bits per heavy atom. The van der Waals surface area contributed by atoms with E-state index in [1.807, 2.05) is 13.8 Å². The fourth-order valence-electron chi connectivity index (χ4n) is 1.26. The maximum atomic E-state index is 11.7. The van der Waals surface area contributed by atoms with Crippen LogP contribution in [-0.4, -0.2) is 29.4 Å². The van der Waals surface area contributed by atoms with E-state index in [0.29, 0.717) is 0 Å². The molecule has 1 aromatic heterocycles. The van der Waals surface area contributed by atoms with E-state index in [1.54, 1.807) is 0 Å². The van der Waals surface area contributed by atoms with Gasteiger partial charge in [-0.25, -0.2) is 4.98 Å². The number of nitrogen functional groups attached to an aromatic ring is 1. The molecule has 0 fully saturated rings. The molecule has 7 heteroatoms. The van der Waals surface area contributed by atoms with Gasteiger partial charge >= 0.3 is 0 Å². The summed E-state index contributed by atoms with van der Waals surface area (Å²) >= 11 is 5.81. The Morgan fingerprint density at radius 1 is 1.50 bits per heavy atom. The van der Waals surface area contributed by atoms with Crippen LogP contribution >= 0.6 is 11.6 Å². The van der Waals surface area contributed by atoms with Crippen molar-refractivity contribution in [2.75, 3.05) is 12.3 Å². The van der Waals surface area contributed by atoms with Crippen LogP contribution in [0, 0.1) is 0 Å². The van der Waals surface area contributed by atoms with E-state index < -0.39 is 5.91 Å². The lowest BCUT2D eigenvalue weighted by molar-refractivity contribution is -0.120. The molecule has 0 aliphatic carbocycles. The van der Waals surface area contributed by atoms with Crippen LogP contribution in [0.15, 0.2) is 12.3 Å². The zero-order chi connectivity index (χ0) is 13.7. The molecule has 6 nitrogen and oxygen atoms in total. The fraction of sp³-hybridized carbons (Fsp3) is 0.364. The normalized spacial score (nSPS) is 10.2. The zero-order valence-corrected chi connectivity index (χ0v) is 10.9. The predicted octanol–water partition coefficient (Wildman–Crippen LogP) is 0.572. The van der Waals surface area contributed by atoms with Gasteiger partial charge in [-0.05, 0) is 19.9 Å². The molecule has 0 aromatic carbocycles. The second-order valence-corrected chi connectivity index (χ2v) is 4.40. The number of nitrogens with two attached hydrogens (primary N) is 1. The molecule has 0 unspecified atom stereocenters. The first kappa shape index (κ1) is 14.2. The minimum absolute atomic E-state index is 0.0227. The lowest BCUT2D eigenvalue weighted by Crippen LogP contribution is -2.39. The van der Waals surface area contributed by atoms with E-state index in [-0.39, 0.29) is 34.9 Å². The monoisotopic (exact) mass is 270 g/mol. The summed E-state index contributed by atoms with van der Waals surface area (Å²) in [7, 11) is 0. The summed E-state index contributed by atoms with van der Waals surface area (Å²) in [5.41, 5.74) is 5.65. The van der Waals surface area contributed by atoms with Gasteiger partial charge in [0, 0.05) is 12.2 Å². The Balaban J connectivity index is 2.60. The third kappa shape index (κ3) is 4.21. The van der Waals surface area contributed by atoms with Crippen molar-refractivity contribution >= 4 is 29.2 Å². The van der Waals surface area contributed by atoms with E-state index >= 15 is 0 Å². The van der Waals surface area contributed by atoms with Crippen molar-refractivity contribution in [3.8, 4) is 0 Å². The second-order valence-electron chi connectivity index (χ2n) is 3.99. The number of amides is 2. The Kier molecular flexibility index (Phi) is 4.91. The highest BCUT2D eigenvalue weighted by molar-refractivity contribution is 6.33. The molecule has 1 heterocycles. The maximum absolute atomic E-state index is 11.7. The summed E-state index contributed by atoms with van der Waals surface area (Å²) in [5, 5.41) is 5.29. The third-order valence-electron chi connectivity index (χ3n) is 1.98. The molecule has 0 aliphatic rings. The smallest absolute Gasteiger partial charge is 0.253 e. The number of aromatic nitrogens is 1. The average molecular weight is 271 g/mol. The van der Waals surface area contributed by atoms with Crippen LogP contribution in [0.3, 0.4) is 0 Å². The third-order valence-corrected chi connectivity index (χ3v) is 2.28. The summed E-state index contributed by atoms with van der Waals surface area (Å²) in [4.78, 5) is 26.8. The number of nitrogens with one attached hydrogen (secondary N) is 2. The van der Waals surface area contributed by atoms with Gasteiger partial charge in [-0.2, -0.15) is 0 Å². The van der Waals surface area contributed by atoms with Crippen molar-refractivity contribution in [2.24, 2.45) is 0 Å². The van der Waals surface area contributed by atoms with Gasteiger partial charge in [0.15, 0.2) is 0 Å². The summed E-state index contributed by atoms with van der Waals surface area (Å²) < 4.78 is 0. The van der Waals surface area contributed by atoms with E-state index in [9.17, 15) is 9.59 Å². The first-order valence-corrected chi connectivity index (χ1v) is 5.76. The van der Waals surface area contributed by atoms with Crippen molar-refractivity contribution in [3.63, 3.8) is 0 Å². The van der Waals surface area contributed by atoms with E-state index in [1.165, 1.54) is 12.3 Å². The summed E-state index contributed by atoms with van der Waals surface area (Å²) in [6, 6.07) is 1.38. The SMILES string of the molecule is CC(C)NC(=O)CNC(=O)c1cc(N)ncc1Cl. The molecule has 0 aliphatic heterocycles. The highest BCUT2D eigenvalue weighted by Gasteiger charge is 2.12. The standard InChI is InChI=1S/C11H15ClN4O2/c1-6(2)16-10(17)5-15-11(18)7-3-9(13)14-4-8(7)12/h3-4,6H,5H2,1-2H3,(H2,13,14)(H,15,18)(H,16,17). The largest absolute Gasteiger partial charge is 0.384 e. The van der Waals surface area contributed by atoms with E-state index in [2.05, 4.69) is 15.6 Å². The number of carbonyl (C=O) groups is 2. The number of pyridine rings is 1. The van der Waals surface area contributed by atoms with Gasteiger partial charge in [0.25, 0.3) is 5.91 Å².